The summed E-state index contributed by atoms with van der Waals surface area (Å²) in [6, 6.07) is 6.95. The number of nitrogens with zero attached hydrogens (tertiary/aromatic N) is 7. The fourth-order valence-electron chi connectivity index (χ4n) is 7.93. The molecule has 12 heteroatoms. The summed E-state index contributed by atoms with van der Waals surface area (Å²) in [4.78, 5) is 9.42. The zero-order valence-electron chi connectivity index (χ0n) is 26.6. The van der Waals surface area contributed by atoms with Crippen LogP contribution in [0, 0.1) is 30.0 Å². The van der Waals surface area contributed by atoms with Gasteiger partial charge in [0.15, 0.2) is 11.6 Å². The molecule has 2 saturated carbocycles. The van der Waals surface area contributed by atoms with E-state index >= 15 is 0 Å². The topological polar surface area (TPSA) is 98.6 Å². The zero-order chi connectivity index (χ0) is 31.5. The minimum Gasteiger partial charge on any atom is -0.434 e. The smallest absolute Gasteiger partial charge is 0.282 e. The molecule has 4 fully saturated rings. The van der Waals surface area contributed by atoms with Gasteiger partial charge < -0.3 is 19.1 Å². The van der Waals surface area contributed by atoms with Crippen LogP contribution >= 0.6 is 11.6 Å². The molecule has 0 bridgehead atoms. The van der Waals surface area contributed by atoms with E-state index in [0.717, 1.165) is 69.5 Å². The average Bonchev–Trinajstić information content (AvgIpc) is 3.74. The van der Waals surface area contributed by atoms with E-state index in [4.69, 9.17) is 25.8 Å². The maximum atomic E-state index is 14.6. The van der Waals surface area contributed by atoms with Crippen molar-refractivity contribution in [3.8, 4) is 22.9 Å². The summed E-state index contributed by atoms with van der Waals surface area (Å²) in [5.41, 5.74) is 3.20. The molecular formula is C33H41ClFN7O3. The summed E-state index contributed by atoms with van der Waals surface area (Å²) >= 11 is 6.28. The lowest BCUT2D eigenvalue weighted by atomic mass is 9.67. The van der Waals surface area contributed by atoms with Crippen molar-refractivity contribution in [3.05, 3.63) is 46.6 Å². The van der Waals surface area contributed by atoms with E-state index < -0.39 is 5.79 Å². The zero-order valence-corrected chi connectivity index (χ0v) is 27.3. The highest BCUT2D eigenvalue weighted by molar-refractivity contribution is 6.28. The molecule has 45 heavy (non-hydrogen) atoms. The van der Waals surface area contributed by atoms with Gasteiger partial charge in [-0.1, -0.05) is 13.8 Å². The average molecular weight is 638 g/mol. The van der Waals surface area contributed by atoms with Crippen LogP contribution in [0.4, 0.5) is 10.2 Å². The summed E-state index contributed by atoms with van der Waals surface area (Å²) in [7, 11) is 3.47. The molecule has 2 aliphatic heterocycles. The van der Waals surface area contributed by atoms with Crippen molar-refractivity contribution in [2.45, 2.75) is 70.6 Å². The van der Waals surface area contributed by atoms with Gasteiger partial charge in [0.1, 0.15) is 17.3 Å². The van der Waals surface area contributed by atoms with E-state index in [1.165, 1.54) is 12.1 Å². The number of rotatable bonds is 10. The van der Waals surface area contributed by atoms with Crippen LogP contribution in [0.1, 0.15) is 63.1 Å². The van der Waals surface area contributed by atoms with E-state index in [2.05, 4.69) is 49.0 Å². The normalized spacial score (nSPS) is 21.6. The number of aromatic nitrogens is 5. The first-order valence-electron chi connectivity index (χ1n) is 15.9. The van der Waals surface area contributed by atoms with Crippen LogP contribution in [-0.2, 0) is 9.47 Å². The first-order chi connectivity index (χ1) is 21.6. The predicted octanol–water partition coefficient (Wildman–Crippen LogP) is 6.04. The van der Waals surface area contributed by atoms with Crippen LogP contribution in [0.3, 0.4) is 0 Å². The lowest BCUT2D eigenvalue weighted by molar-refractivity contribution is -0.282. The highest BCUT2D eigenvalue weighted by atomic mass is 35.5. The van der Waals surface area contributed by atoms with Crippen LogP contribution in [0.2, 0.25) is 5.28 Å². The summed E-state index contributed by atoms with van der Waals surface area (Å²) in [6.45, 7) is 10.2. The Kier molecular flexibility index (Phi) is 7.95. The van der Waals surface area contributed by atoms with Gasteiger partial charge in [-0.2, -0.15) is 10.1 Å². The molecule has 7 rings (SSSR count). The summed E-state index contributed by atoms with van der Waals surface area (Å²) in [6.07, 6.45) is 5.03. The lowest BCUT2D eigenvalue weighted by Gasteiger charge is -2.58. The number of benzene rings is 1. The van der Waals surface area contributed by atoms with E-state index in [0.29, 0.717) is 46.6 Å². The Morgan fingerprint density at radius 2 is 1.76 bits per heavy atom. The third kappa shape index (κ3) is 5.77. The van der Waals surface area contributed by atoms with Gasteiger partial charge in [0.05, 0.1) is 5.69 Å². The second kappa shape index (κ2) is 11.7. The van der Waals surface area contributed by atoms with Crippen molar-refractivity contribution in [1.82, 2.24) is 30.3 Å². The third-order valence-electron chi connectivity index (χ3n) is 10.3. The van der Waals surface area contributed by atoms with Crippen LogP contribution in [-0.4, -0.2) is 82.5 Å². The quantitative estimate of drug-likeness (QED) is 0.245. The molecule has 1 aromatic carbocycles. The molecule has 4 aliphatic rings. The second-order valence-corrected chi connectivity index (χ2v) is 14.2. The van der Waals surface area contributed by atoms with Crippen LogP contribution in [0.25, 0.3) is 11.3 Å². The molecule has 0 amide bonds. The van der Waals surface area contributed by atoms with Gasteiger partial charge >= 0.3 is 0 Å². The van der Waals surface area contributed by atoms with Crippen molar-refractivity contribution in [2.24, 2.45) is 17.3 Å². The first-order valence-corrected chi connectivity index (χ1v) is 16.3. The highest BCUT2D eigenvalue weighted by Gasteiger charge is 2.56. The van der Waals surface area contributed by atoms with Crippen molar-refractivity contribution in [1.29, 1.82) is 0 Å². The standard InChI is InChI=1S/C33H41ClFN7O3/c1-19(2)28(22-14-33(15-22,43-4)44-5)42-17-32(18-42)10-11-41(16-32)29-30(39-40-31(34)36-29)45-26-9-8-23(35)13-25(26)27-24(21-6-7-21)12-20(3)37-38-27/h8-9,12-13,19,21-22,28H,6-7,10-11,14-18H2,1-5H3/t28-/m0/s1. The Morgan fingerprint density at radius 1 is 1.00 bits per heavy atom. The Labute approximate surface area is 268 Å². The Hall–Kier alpha value is -2.99. The molecule has 2 aromatic heterocycles. The molecule has 4 heterocycles. The molecule has 2 saturated heterocycles. The van der Waals surface area contributed by atoms with Crippen molar-refractivity contribution < 1.29 is 18.6 Å². The molecule has 240 valence electrons. The Balaban J connectivity index is 1.10. The molecule has 2 aliphatic carbocycles. The molecule has 0 N–H and O–H groups in total. The lowest BCUT2D eigenvalue weighted by Crippen LogP contribution is -2.66. The molecule has 0 radical (unpaired) electrons. The van der Waals surface area contributed by atoms with Crippen molar-refractivity contribution >= 4 is 17.4 Å². The van der Waals surface area contributed by atoms with Crippen molar-refractivity contribution in [2.75, 3.05) is 45.3 Å². The van der Waals surface area contributed by atoms with Crippen LogP contribution < -0.4 is 9.64 Å². The minimum atomic E-state index is -0.434. The number of aryl methyl sites for hydroxylation is 1. The Morgan fingerprint density at radius 3 is 2.44 bits per heavy atom. The van der Waals surface area contributed by atoms with E-state index in [1.807, 2.05) is 13.0 Å². The SMILES string of the molecule is COC1(OC)CC([C@H](C(C)C)N2CC3(CCN(c4nc(Cl)nnc4Oc4ccc(F)cc4-c4nnc(C)cc4C4CC4)C3)C2)C1. The predicted molar refractivity (Wildman–Crippen MR) is 168 cm³/mol. The summed E-state index contributed by atoms with van der Waals surface area (Å²) in [5, 5.41) is 17.1. The second-order valence-electron chi connectivity index (χ2n) is 13.8. The fourth-order valence-corrected chi connectivity index (χ4v) is 8.04. The monoisotopic (exact) mass is 637 g/mol. The van der Waals surface area contributed by atoms with E-state index in [-0.39, 0.29) is 22.4 Å². The summed E-state index contributed by atoms with van der Waals surface area (Å²) in [5.74, 6) is 1.86. The van der Waals surface area contributed by atoms with Gasteiger partial charge in [-0.15, -0.1) is 15.3 Å². The minimum absolute atomic E-state index is 0.0536. The van der Waals surface area contributed by atoms with Gasteiger partial charge in [0, 0.05) is 70.3 Å². The number of anilines is 1. The van der Waals surface area contributed by atoms with Gasteiger partial charge in [-0.05, 0) is 85.4 Å². The van der Waals surface area contributed by atoms with E-state index in [9.17, 15) is 4.39 Å². The molecule has 1 spiro atoms. The first kappa shape index (κ1) is 30.7. The number of hydrogen-bond donors (Lipinski definition) is 0. The summed E-state index contributed by atoms with van der Waals surface area (Å²) < 4.78 is 32.4. The number of halogens is 2. The fraction of sp³-hybridized carbons (Fsp3) is 0.606. The molecular weight excluding hydrogens is 597 g/mol. The highest BCUT2D eigenvalue weighted by Crippen LogP contribution is 2.51. The molecule has 0 unspecified atom stereocenters. The van der Waals surface area contributed by atoms with Gasteiger partial charge in [0.2, 0.25) is 5.28 Å². The van der Waals surface area contributed by atoms with Gasteiger partial charge in [0.25, 0.3) is 5.88 Å². The number of hydrogen-bond acceptors (Lipinski definition) is 10. The number of ether oxygens (including phenoxy) is 3. The van der Waals surface area contributed by atoms with Crippen molar-refractivity contribution in [3.63, 3.8) is 0 Å². The maximum absolute atomic E-state index is 14.6. The number of likely N-dealkylation sites (tertiary alicyclic amines) is 1. The van der Waals surface area contributed by atoms with Crippen LogP contribution in [0.15, 0.2) is 24.3 Å². The maximum Gasteiger partial charge on any atom is 0.282 e. The van der Waals surface area contributed by atoms with Gasteiger partial charge in [-0.25, -0.2) is 4.39 Å². The van der Waals surface area contributed by atoms with Crippen LogP contribution in [0.5, 0.6) is 11.6 Å². The molecule has 3 aromatic rings. The molecule has 1 atom stereocenters. The van der Waals surface area contributed by atoms with Gasteiger partial charge in [-0.3, -0.25) is 4.90 Å². The number of methoxy groups -OCH3 is 2. The third-order valence-corrected chi connectivity index (χ3v) is 10.4. The Bertz CT molecular complexity index is 1570. The van der Waals surface area contributed by atoms with E-state index in [1.54, 1.807) is 20.3 Å². The largest absolute Gasteiger partial charge is 0.434 e. The molecule has 10 nitrogen and oxygen atoms in total.